The highest BCUT2D eigenvalue weighted by atomic mass is 32.2. The van der Waals surface area contributed by atoms with Crippen LogP contribution in [0.25, 0.3) is 0 Å². The molecule has 0 unspecified atom stereocenters. The molecule has 6 nitrogen and oxygen atoms in total. The lowest BCUT2D eigenvalue weighted by atomic mass is 10.1. The van der Waals surface area contributed by atoms with Crippen molar-refractivity contribution in [2.75, 3.05) is 30.8 Å². The molecule has 1 aliphatic heterocycles. The van der Waals surface area contributed by atoms with Crippen molar-refractivity contribution in [1.82, 2.24) is 4.31 Å². The summed E-state index contributed by atoms with van der Waals surface area (Å²) < 4.78 is 33.3. The van der Waals surface area contributed by atoms with Gasteiger partial charge in [0.05, 0.1) is 12.8 Å². The third-order valence-corrected chi connectivity index (χ3v) is 7.14. The van der Waals surface area contributed by atoms with E-state index in [1.54, 1.807) is 18.2 Å². The molecule has 1 aliphatic rings. The van der Waals surface area contributed by atoms with Gasteiger partial charge in [0.25, 0.3) is 0 Å². The van der Waals surface area contributed by atoms with Crippen LogP contribution >= 0.6 is 12.2 Å². The highest BCUT2D eigenvalue weighted by Crippen LogP contribution is 2.30. The van der Waals surface area contributed by atoms with Crippen LogP contribution in [-0.2, 0) is 10.0 Å². The SMILES string of the molecule is COc1ccc(NC(=S)Nc2ccc(C)cc2C)c(S(=O)(=O)N2CCCCC2)c1. The first-order valence-corrected chi connectivity index (χ1v) is 11.5. The second-order valence-corrected chi connectivity index (χ2v) is 9.54. The number of ether oxygens (including phenoxy) is 1. The van der Waals surface area contributed by atoms with Crippen molar-refractivity contribution in [3.8, 4) is 5.75 Å². The van der Waals surface area contributed by atoms with Crippen molar-refractivity contribution in [3.63, 3.8) is 0 Å². The van der Waals surface area contributed by atoms with Crippen LogP contribution in [-0.4, -0.2) is 38.0 Å². The van der Waals surface area contributed by atoms with Crippen LogP contribution in [0.3, 0.4) is 0 Å². The van der Waals surface area contributed by atoms with Gasteiger partial charge in [0.15, 0.2) is 5.11 Å². The van der Waals surface area contributed by atoms with E-state index in [1.807, 2.05) is 26.0 Å². The Balaban J connectivity index is 1.87. The van der Waals surface area contributed by atoms with Crippen molar-refractivity contribution in [1.29, 1.82) is 0 Å². The number of nitrogens with one attached hydrogen (secondary N) is 2. The van der Waals surface area contributed by atoms with E-state index >= 15 is 0 Å². The molecule has 8 heteroatoms. The zero-order valence-electron chi connectivity index (χ0n) is 17.0. The lowest BCUT2D eigenvalue weighted by Crippen LogP contribution is -2.36. The van der Waals surface area contributed by atoms with E-state index in [2.05, 4.69) is 16.7 Å². The van der Waals surface area contributed by atoms with E-state index in [1.165, 1.54) is 11.4 Å². The Morgan fingerprint density at radius 1 is 1.00 bits per heavy atom. The molecule has 0 spiro atoms. The zero-order chi connectivity index (χ0) is 21.0. The molecule has 0 aromatic heterocycles. The Bertz CT molecular complexity index is 1000. The van der Waals surface area contributed by atoms with E-state index in [0.29, 0.717) is 29.6 Å². The minimum atomic E-state index is -3.65. The van der Waals surface area contributed by atoms with Gasteiger partial charge in [-0.1, -0.05) is 24.1 Å². The second kappa shape index (κ2) is 9.11. The monoisotopic (exact) mass is 433 g/mol. The number of thiocarbonyl (C=S) groups is 1. The largest absolute Gasteiger partial charge is 0.497 e. The fraction of sp³-hybridized carbons (Fsp3) is 0.381. The van der Waals surface area contributed by atoms with Crippen LogP contribution in [0.15, 0.2) is 41.3 Å². The molecular formula is C21H27N3O3S2. The molecule has 2 N–H and O–H groups in total. The number of aryl methyl sites for hydroxylation is 2. The van der Waals surface area contributed by atoms with Gasteiger partial charge in [0, 0.05) is 24.8 Å². The first kappa shape index (κ1) is 21.5. The summed E-state index contributed by atoms with van der Waals surface area (Å²) in [6.45, 7) is 5.09. The van der Waals surface area contributed by atoms with Crippen molar-refractivity contribution in [2.24, 2.45) is 0 Å². The van der Waals surface area contributed by atoms with Gasteiger partial charge in [-0.25, -0.2) is 8.42 Å². The number of hydrogen-bond acceptors (Lipinski definition) is 4. The number of methoxy groups -OCH3 is 1. The smallest absolute Gasteiger partial charge is 0.245 e. The first-order chi connectivity index (χ1) is 13.8. The normalized spacial score (nSPS) is 15.0. The molecular weight excluding hydrogens is 406 g/mol. The maximum atomic E-state index is 13.3. The van der Waals surface area contributed by atoms with Crippen LogP contribution < -0.4 is 15.4 Å². The number of rotatable bonds is 5. The van der Waals surface area contributed by atoms with Gasteiger partial charge in [0.2, 0.25) is 10.0 Å². The Labute approximate surface area is 178 Å². The summed E-state index contributed by atoms with van der Waals surface area (Å²) in [5.41, 5.74) is 3.53. The highest BCUT2D eigenvalue weighted by molar-refractivity contribution is 7.89. The first-order valence-electron chi connectivity index (χ1n) is 9.65. The van der Waals surface area contributed by atoms with Crippen LogP contribution in [0.4, 0.5) is 11.4 Å². The highest BCUT2D eigenvalue weighted by Gasteiger charge is 2.29. The number of hydrogen-bond donors (Lipinski definition) is 2. The van der Waals surface area contributed by atoms with E-state index in [9.17, 15) is 8.42 Å². The maximum Gasteiger partial charge on any atom is 0.245 e. The van der Waals surface area contributed by atoms with Crippen LogP contribution in [0.1, 0.15) is 30.4 Å². The molecule has 1 fully saturated rings. The average molecular weight is 434 g/mol. The summed E-state index contributed by atoms with van der Waals surface area (Å²) in [5.74, 6) is 0.486. The van der Waals surface area contributed by atoms with Gasteiger partial charge in [-0.05, 0) is 62.7 Å². The van der Waals surface area contributed by atoms with Gasteiger partial charge >= 0.3 is 0 Å². The van der Waals surface area contributed by atoms with E-state index in [4.69, 9.17) is 17.0 Å². The predicted octanol–water partition coefficient (Wildman–Crippen LogP) is 4.30. The molecule has 0 amide bonds. The summed E-state index contributed by atoms with van der Waals surface area (Å²) >= 11 is 5.45. The Morgan fingerprint density at radius 3 is 2.31 bits per heavy atom. The number of sulfonamides is 1. The van der Waals surface area contributed by atoms with E-state index in [-0.39, 0.29) is 4.90 Å². The molecule has 0 aliphatic carbocycles. The molecule has 0 radical (unpaired) electrons. The molecule has 1 heterocycles. The molecule has 156 valence electrons. The van der Waals surface area contributed by atoms with Crippen LogP contribution in [0.5, 0.6) is 5.75 Å². The number of piperidine rings is 1. The van der Waals surface area contributed by atoms with Crippen molar-refractivity contribution in [3.05, 3.63) is 47.5 Å². The number of anilines is 2. The molecule has 2 aromatic carbocycles. The second-order valence-electron chi connectivity index (χ2n) is 7.22. The zero-order valence-corrected chi connectivity index (χ0v) is 18.6. The van der Waals surface area contributed by atoms with Gasteiger partial charge in [0.1, 0.15) is 10.6 Å². The molecule has 29 heavy (non-hydrogen) atoms. The van der Waals surface area contributed by atoms with Crippen molar-refractivity contribution >= 4 is 38.7 Å². The molecule has 3 rings (SSSR count). The van der Waals surface area contributed by atoms with Crippen LogP contribution in [0.2, 0.25) is 0 Å². The molecule has 0 bridgehead atoms. The molecule has 0 atom stereocenters. The Hall–Kier alpha value is -2.16. The number of benzene rings is 2. The predicted molar refractivity (Wildman–Crippen MR) is 121 cm³/mol. The molecule has 2 aromatic rings. The fourth-order valence-corrected chi connectivity index (χ4v) is 5.32. The topological polar surface area (TPSA) is 70.7 Å². The fourth-order valence-electron chi connectivity index (χ4n) is 3.42. The quantitative estimate of drug-likeness (QED) is 0.686. The standard InChI is InChI=1S/C21H27N3O3S2/c1-15-7-9-18(16(2)13-15)22-21(28)23-19-10-8-17(27-3)14-20(19)29(25,26)24-11-5-4-6-12-24/h7-10,13-14H,4-6,11-12H2,1-3H3,(H2,22,23,28). The van der Waals surface area contributed by atoms with Gasteiger partial charge in [-0.3, -0.25) is 0 Å². The van der Waals surface area contributed by atoms with Crippen molar-refractivity contribution < 1.29 is 13.2 Å². The summed E-state index contributed by atoms with van der Waals surface area (Å²) in [6.07, 6.45) is 2.80. The molecule has 1 saturated heterocycles. The lowest BCUT2D eigenvalue weighted by molar-refractivity contribution is 0.346. The third kappa shape index (κ3) is 5.07. The minimum absolute atomic E-state index is 0.170. The summed E-state index contributed by atoms with van der Waals surface area (Å²) in [4.78, 5) is 0.170. The van der Waals surface area contributed by atoms with Crippen LogP contribution in [0, 0.1) is 13.8 Å². The third-order valence-electron chi connectivity index (χ3n) is 5.00. The summed E-state index contributed by atoms with van der Waals surface area (Å²) in [7, 11) is -2.13. The van der Waals surface area contributed by atoms with E-state index in [0.717, 1.165) is 36.1 Å². The Kier molecular flexibility index (Phi) is 6.77. The summed E-state index contributed by atoms with van der Waals surface area (Å²) in [6, 6.07) is 11.0. The Morgan fingerprint density at radius 2 is 1.66 bits per heavy atom. The number of nitrogens with zero attached hydrogens (tertiary/aromatic N) is 1. The maximum absolute atomic E-state index is 13.3. The average Bonchev–Trinajstić information content (AvgIpc) is 2.71. The minimum Gasteiger partial charge on any atom is -0.497 e. The van der Waals surface area contributed by atoms with Gasteiger partial charge < -0.3 is 15.4 Å². The van der Waals surface area contributed by atoms with E-state index < -0.39 is 10.0 Å². The summed E-state index contributed by atoms with van der Waals surface area (Å²) in [5, 5.41) is 6.54. The molecule has 0 saturated carbocycles. The lowest BCUT2D eigenvalue weighted by Gasteiger charge is -2.27. The van der Waals surface area contributed by atoms with Crippen molar-refractivity contribution in [2.45, 2.75) is 38.0 Å². The van der Waals surface area contributed by atoms with Gasteiger partial charge in [-0.2, -0.15) is 4.31 Å². The van der Waals surface area contributed by atoms with Gasteiger partial charge in [-0.15, -0.1) is 0 Å².